The molecule has 0 bridgehead atoms. The van der Waals surface area contributed by atoms with Crippen LogP contribution in [0.5, 0.6) is 5.75 Å². The van der Waals surface area contributed by atoms with E-state index >= 15 is 0 Å². The van der Waals surface area contributed by atoms with Gasteiger partial charge in [0.05, 0.1) is 6.04 Å². The number of likely N-dealkylation sites (tertiary alicyclic amines) is 1. The molecule has 9 heteroatoms. The molecular weight excluding hydrogens is 349 g/mol. The van der Waals surface area contributed by atoms with Crippen molar-refractivity contribution >= 4 is 5.91 Å². The summed E-state index contributed by atoms with van der Waals surface area (Å²) in [6.45, 7) is 1.13. The molecule has 1 unspecified atom stereocenters. The smallest absolute Gasteiger partial charge is 0.406 e. The zero-order valence-corrected chi connectivity index (χ0v) is 13.8. The maximum atomic E-state index is 12.6. The third-order valence-electron chi connectivity index (χ3n) is 4.72. The lowest BCUT2D eigenvalue weighted by molar-refractivity contribution is -0.274. The standard InChI is InChI=1S/C17H17F3N4O2/c18-17(19,20)26-14-5-3-12(4-6-14)16(25)23-8-7-13(9-23)24-10-21-22-15(24)11-1-2-11/h3-6,10-11,13H,1-2,7-9H2. The molecule has 2 aromatic rings. The Morgan fingerprint density at radius 3 is 2.54 bits per heavy atom. The van der Waals surface area contributed by atoms with Crippen molar-refractivity contribution in [1.29, 1.82) is 0 Å². The highest BCUT2D eigenvalue weighted by Crippen LogP contribution is 2.40. The lowest BCUT2D eigenvalue weighted by Crippen LogP contribution is -2.29. The van der Waals surface area contributed by atoms with E-state index in [9.17, 15) is 18.0 Å². The molecule has 1 amide bonds. The number of ether oxygens (including phenoxy) is 1. The fourth-order valence-electron chi connectivity index (χ4n) is 3.30. The number of hydrogen-bond donors (Lipinski definition) is 0. The van der Waals surface area contributed by atoms with E-state index in [1.54, 1.807) is 11.2 Å². The van der Waals surface area contributed by atoms with Gasteiger partial charge in [-0.3, -0.25) is 4.79 Å². The molecule has 1 saturated carbocycles. The summed E-state index contributed by atoms with van der Waals surface area (Å²) in [5, 5.41) is 8.19. The average molecular weight is 366 g/mol. The van der Waals surface area contributed by atoms with Gasteiger partial charge >= 0.3 is 6.36 Å². The molecule has 1 atom stereocenters. The van der Waals surface area contributed by atoms with Crippen molar-refractivity contribution in [1.82, 2.24) is 19.7 Å². The first-order valence-electron chi connectivity index (χ1n) is 8.45. The second-order valence-corrected chi connectivity index (χ2v) is 6.64. The number of carbonyl (C=O) groups excluding carboxylic acids is 1. The number of hydrogen-bond acceptors (Lipinski definition) is 4. The van der Waals surface area contributed by atoms with Gasteiger partial charge in [-0.2, -0.15) is 0 Å². The Labute approximate surface area is 147 Å². The van der Waals surface area contributed by atoms with Gasteiger partial charge in [-0.05, 0) is 43.5 Å². The molecule has 6 nitrogen and oxygen atoms in total. The Hall–Kier alpha value is -2.58. The highest BCUT2D eigenvalue weighted by atomic mass is 19.4. The van der Waals surface area contributed by atoms with E-state index in [0.717, 1.165) is 37.2 Å². The molecule has 2 heterocycles. The summed E-state index contributed by atoms with van der Waals surface area (Å²) in [4.78, 5) is 14.3. The second kappa shape index (κ2) is 6.30. The van der Waals surface area contributed by atoms with E-state index in [1.807, 2.05) is 0 Å². The molecule has 0 N–H and O–H groups in total. The monoisotopic (exact) mass is 366 g/mol. The second-order valence-electron chi connectivity index (χ2n) is 6.64. The van der Waals surface area contributed by atoms with E-state index in [4.69, 9.17) is 0 Å². The van der Waals surface area contributed by atoms with Crippen LogP contribution in [0, 0.1) is 0 Å². The van der Waals surface area contributed by atoms with Crippen LogP contribution in [-0.4, -0.2) is 45.0 Å². The van der Waals surface area contributed by atoms with Crippen LogP contribution in [0.4, 0.5) is 13.2 Å². The fourth-order valence-corrected chi connectivity index (χ4v) is 3.30. The molecule has 1 aliphatic carbocycles. The highest BCUT2D eigenvalue weighted by Gasteiger charge is 2.34. The van der Waals surface area contributed by atoms with Gasteiger partial charge in [-0.25, -0.2) is 0 Å². The highest BCUT2D eigenvalue weighted by molar-refractivity contribution is 5.94. The summed E-state index contributed by atoms with van der Waals surface area (Å²) in [5.41, 5.74) is 0.339. The van der Waals surface area contributed by atoms with Gasteiger partial charge in [0.1, 0.15) is 17.9 Å². The largest absolute Gasteiger partial charge is 0.573 e. The van der Waals surface area contributed by atoms with E-state index in [0.29, 0.717) is 24.6 Å². The Bertz CT molecular complexity index is 799. The first-order valence-corrected chi connectivity index (χ1v) is 8.45. The molecule has 0 spiro atoms. The number of aromatic nitrogens is 3. The lowest BCUT2D eigenvalue weighted by atomic mass is 10.2. The Balaban J connectivity index is 1.42. The van der Waals surface area contributed by atoms with Gasteiger partial charge < -0.3 is 14.2 Å². The summed E-state index contributed by atoms with van der Waals surface area (Å²) in [5.74, 6) is 0.917. The molecule has 0 radical (unpaired) electrons. The van der Waals surface area contributed by atoms with Crippen molar-refractivity contribution in [3.8, 4) is 5.75 Å². The van der Waals surface area contributed by atoms with Crippen LogP contribution in [0.1, 0.15) is 47.4 Å². The molecule has 2 aliphatic rings. The predicted octanol–water partition coefficient (Wildman–Crippen LogP) is 3.14. The lowest BCUT2D eigenvalue weighted by Gasteiger charge is -2.18. The Morgan fingerprint density at radius 2 is 1.88 bits per heavy atom. The van der Waals surface area contributed by atoms with Crippen LogP contribution in [0.15, 0.2) is 30.6 Å². The van der Waals surface area contributed by atoms with Gasteiger partial charge in [0.15, 0.2) is 0 Å². The number of halogens is 3. The van der Waals surface area contributed by atoms with Crippen LogP contribution in [0.25, 0.3) is 0 Å². The number of benzene rings is 1. The third kappa shape index (κ3) is 3.51. The minimum absolute atomic E-state index is 0.136. The summed E-state index contributed by atoms with van der Waals surface area (Å²) >= 11 is 0. The third-order valence-corrected chi connectivity index (χ3v) is 4.72. The number of amides is 1. The summed E-state index contributed by atoms with van der Waals surface area (Å²) in [6, 6.07) is 5.15. The van der Waals surface area contributed by atoms with Crippen molar-refractivity contribution in [2.45, 2.75) is 37.6 Å². The number of nitrogens with zero attached hydrogens (tertiary/aromatic N) is 4. The zero-order valence-electron chi connectivity index (χ0n) is 13.8. The van der Waals surface area contributed by atoms with Crippen molar-refractivity contribution < 1.29 is 22.7 Å². The van der Waals surface area contributed by atoms with Gasteiger partial charge in [0, 0.05) is 24.6 Å². The van der Waals surface area contributed by atoms with Crippen LogP contribution in [0.3, 0.4) is 0 Å². The zero-order chi connectivity index (χ0) is 18.3. The van der Waals surface area contributed by atoms with Gasteiger partial charge in [0.25, 0.3) is 5.91 Å². The summed E-state index contributed by atoms with van der Waals surface area (Å²) in [6.07, 6.45) is 0.0287. The molecule has 1 aromatic carbocycles. The first kappa shape index (κ1) is 16.9. The van der Waals surface area contributed by atoms with Gasteiger partial charge in [0.2, 0.25) is 0 Å². The number of carbonyl (C=O) groups is 1. The summed E-state index contributed by atoms with van der Waals surface area (Å²) in [7, 11) is 0. The first-order chi connectivity index (χ1) is 12.4. The molecule has 1 saturated heterocycles. The van der Waals surface area contributed by atoms with E-state index < -0.39 is 6.36 Å². The van der Waals surface area contributed by atoms with E-state index in [2.05, 4.69) is 19.5 Å². The van der Waals surface area contributed by atoms with Crippen LogP contribution < -0.4 is 4.74 Å². The van der Waals surface area contributed by atoms with Crippen molar-refractivity contribution in [3.63, 3.8) is 0 Å². The normalized spacial score (nSPS) is 20.4. The fraction of sp³-hybridized carbons (Fsp3) is 0.471. The number of rotatable bonds is 4. The Morgan fingerprint density at radius 1 is 1.15 bits per heavy atom. The molecule has 4 rings (SSSR count). The quantitative estimate of drug-likeness (QED) is 0.834. The van der Waals surface area contributed by atoms with Crippen LogP contribution in [-0.2, 0) is 0 Å². The molecular formula is C17H17F3N4O2. The molecule has 26 heavy (non-hydrogen) atoms. The van der Waals surface area contributed by atoms with E-state index in [-0.39, 0.29) is 17.7 Å². The maximum absolute atomic E-state index is 12.6. The van der Waals surface area contributed by atoms with E-state index in [1.165, 1.54) is 12.1 Å². The topological polar surface area (TPSA) is 60.2 Å². The maximum Gasteiger partial charge on any atom is 0.573 e. The van der Waals surface area contributed by atoms with Crippen molar-refractivity contribution in [2.24, 2.45) is 0 Å². The Kier molecular flexibility index (Phi) is 4.08. The van der Waals surface area contributed by atoms with Crippen LogP contribution in [0.2, 0.25) is 0 Å². The minimum Gasteiger partial charge on any atom is -0.406 e. The van der Waals surface area contributed by atoms with Gasteiger partial charge in [-0.1, -0.05) is 0 Å². The SMILES string of the molecule is O=C(c1ccc(OC(F)(F)F)cc1)N1CCC(n2cnnc2C2CC2)C1. The van der Waals surface area contributed by atoms with Crippen molar-refractivity contribution in [3.05, 3.63) is 42.0 Å². The minimum atomic E-state index is -4.74. The molecule has 1 aromatic heterocycles. The summed E-state index contributed by atoms with van der Waals surface area (Å²) < 4.78 is 42.5. The van der Waals surface area contributed by atoms with Crippen LogP contribution >= 0.6 is 0 Å². The molecule has 2 fully saturated rings. The number of alkyl halides is 3. The van der Waals surface area contributed by atoms with Crippen molar-refractivity contribution in [2.75, 3.05) is 13.1 Å². The molecule has 138 valence electrons. The predicted molar refractivity (Wildman–Crippen MR) is 84.7 cm³/mol. The van der Waals surface area contributed by atoms with Gasteiger partial charge in [-0.15, -0.1) is 23.4 Å². The molecule has 1 aliphatic heterocycles. The average Bonchev–Trinajstić information content (AvgIpc) is 3.12.